The van der Waals surface area contributed by atoms with E-state index in [0.29, 0.717) is 18.8 Å². The second kappa shape index (κ2) is 9.42. The molecule has 0 bridgehead atoms. The molecule has 1 saturated carbocycles. The third-order valence-electron chi connectivity index (χ3n) is 4.81. The first kappa shape index (κ1) is 18.5. The standard InChI is InChI=1S/C19H29N3O2/c1-21-19(24)17(13-15-10-6-3-7-11-15)22-18(23)16(20)12-14-8-4-2-5-9-14/h3,6-7,10-11,14,16-17H,2,4-5,8-9,12-13,20H2,1H3,(H,21,24)(H,22,23)/t16-,17-/m1/s1. The molecule has 2 rings (SSSR count). The van der Waals surface area contributed by atoms with Crippen molar-refractivity contribution in [2.45, 2.75) is 57.0 Å². The minimum atomic E-state index is -0.595. The summed E-state index contributed by atoms with van der Waals surface area (Å²) in [7, 11) is 1.58. The van der Waals surface area contributed by atoms with Gasteiger partial charge in [0, 0.05) is 13.5 Å². The third kappa shape index (κ3) is 5.64. The zero-order chi connectivity index (χ0) is 17.4. The van der Waals surface area contributed by atoms with Crippen LogP contribution in [-0.2, 0) is 16.0 Å². The summed E-state index contributed by atoms with van der Waals surface area (Å²) in [5.74, 6) is 0.106. The van der Waals surface area contributed by atoms with Crippen molar-refractivity contribution in [3.05, 3.63) is 35.9 Å². The molecule has 1 aliphatic carbocycles. The van der Waals surface area contributed by atoms with Gasteiger partial charge in [0.15, 0.2) is 0 Å². The van der Waals surface area contributed by atoms with Gasteiger partial charge in [0.25, 0.3) is 0 Å². The third-order valence-corrected chi connectivity index (χ3v) is 4.81. The van der Waals surface area contributed by atoms with Crippen molar-refractivity contribution in [1.82, 2.24) is 10.6 Å². The Balaban J connectivity index is 1.92. The molecule has 0 unspecified atom stereocenters. The molecule has 0 radical (unpaired) electrons. The van der Waals surface area contributed by atoms with Gasteiger partial charge in [0.2, 0.25) is 11.8 Å². The van der Waals surface area contributed by atoms with Crippen LogP contribution in [0.25, 0.3) is 0 Å². The lowest BCUT2D eigenvalue weighted by Crippen LogP contribution is -2.52. The number of hydrogen-bond donors (Lipinski definition) is 3. The molecule has 132 valence electrons. The topological polar surface area (TPSA) is 84.2 Å². The fourth-order valence-corrected chi connectivity index (χ4v) is 3.40. The van der Waals surface area contributed by atoms with Crippen molar-refractivity contribution >= 4 is 11.8 Å². The monoisotopic (exact) mass is 331 g/mol. The molecule has 1 fully saturated rings. The van der Waals surface area contributed by atoms with Gasteiger partial charge >= 0.3 is 0 Å². The summed E-state index contributed by atoms with van der Waals surface area (Å²) in [6.07, 6.45) is 7.23. The minimum absolute atomic E-state index is 0.197. The average Bonchev–Trinajstić information content (AvgIpc) is 2.62. The highest BCUT2D eigenvalue weighted by molar-refractivity contribution is 5.89. The predicted octanol–water partition coefficient (Wildman–Crippen LogP) is 1.76. The van der Waals surface area contributed by atoms with Crippen molar-refractivity contribution in [1.29, 1.82) is 0 Å². The van der Waals surface area contributed by atoms with Gasteiger partial charge in [-0.05, 0) is 17.9 Å². The molecule has 2 amide bonds. The molecule has 0 aliphatic heterocycles. The summed E-state index contributed by atoms with van der Waals surface area (Å²) < 4.78 is 0. The summed E-state index contributed by atoms with van der Waals surface area (Å²) in [6.45, 7) is 0. The minimum Gasteiger partial charge on any atom is -0.357 e. The van der Waals surface area contributed by atoms with E-state index >= 15 is 0 Å². The molecular formula is C19H29N3O2. The van der Waals surface area contributed by atoms with E-state index in [1.165, 1.54) is 19.3 Å². The van der Waals surface area contributed by atoms with Crippen molar-refractivity contribution in [3.63, 3.8) is 0 Å². The summed E-state index contributed by atoms with van der Waals surface area (Å²) in [4.78, 5) is 24.5. The first-order valence-corrected chi connectivity index (χ1v) is 8.91. The van der Waals surface area contributed by atoms with Gasteiger partial charge in [-0.25, -0.2) is 0 Å². The van der Waals surface area contributed by atoms with Crippen LogP contribution in [0, 0.1) is 5.92 Å². The number of carbonyl (C=O) groups excluding carboxylic acids is 2. The van der Waals surface area contributed by atoms with E-state index in [1.54, 1.807) is 7.05 Å². The van der Waals surface area contributed by atoms with Crippen LogP contribution in [0.1, 0.15) is 44.1 Å². The van der Waals surface area contributed by atoms with Crippen LogP contribution in [0.5, 0.6) is 0 Å². The molecule has 1 aromatic rings. The molecular weight excluding hydrogens is 302 g/mol. The average molecular weight is 331 g/mol. The second-order valence-corrected chi connectivity index (χ2v) is 6.71. The first-order chi connectivity index (χ1) is 11.6. The van der Waals surface area contributed by atoms with Crippen LogP contribution in [-0.4, -0.2) is 30.9 Å². The smallest absolute Gasteiger partial charge is 0.242 e. The fourth-order valence-electron chi connectivity index (χ4n) is 3.40. The Bertz CT molecular complexity index is 527. The van der Waals surface area contributed by atoms with Gasteiger partial charge in [0.05, 0.1) is 6.04 Å². The van der Waals surface area contributed by atoms with Crippen LogP contribution in [0.3, 0.4) is 0 Å². The van der Waals surface area contributed by atoms with Gasteiger partial charge in [-0.1, -0.05) is 62.4 Å². The highest BCUT2D eigenvalue weighted by Gasteiger charge is 2.25. The maximum absolute atomic E-state index is 12.4. The number of rotatable bonds is 7. The fraction of sp³-hybridized carbons (Fsp3) is 0.579. The van der Waals surface area contributed by atoms with E-state index in [-0.39, 0.29) is 11.8 Å². The molecule has 5 nitrogen and oxygen atoms in total. The van der Waals surface area contributed by atoms with Gasteiger partial charge in [-0.15, -0.1) is 0 Å². The molecule has 2 atom stereocenters. The lowest BCUT2D eigenvalue weighted by atomic mass is 9.85. The summed E-state index contributed by atoms with van der Waals surface area (Å²) in [6, 6.07) is 8.53. The SMILES string of the molecule is CNC(=O)[C@@H](Cc1ccccc1)NC(=O)[C@H](N)CC1CCCCC1. The van der Waals surface area contributed by atoms with Gasteiger partial charge in [-0.2, -0.15) is 0 Å². The number of nitrogens with one attached hydrogen (secondary N) is 2. The van der Waals surface area contributed by atoms with E-state index in [0.717, 1.165) is 18.4 Å². The Labute approximate surface area is 144 Å². The van der Waals surface area contributed by atoms with Crippen molar-refractivity contribution in [2.75, 3.05) is 7.05 Å². The molecule has 0 saturated heterocycles. The number of hydrogen-bond acceptors (Lipinski definition) is 3. The quantitative estimate of drug-likeness (QED) is 0.712. The first-order valence-electron chi connectivity index (χ1n) is 8.91. The van der Waals surface area contributed by atoms with E-state index in [9.17, 15) is 9.59 Å². The Morgan fingerprint density at radius 3 is 2.42 bits per heavy atom. The zero-order valence-corrected chi connectivity index (χ0v) is 14.5. The molecule has 1 aliphatic rings. The Kier molecular flexibility index (Phi) is 7.25. The predicted molar refractivity (Wildman–Crippen MR) is 95.3 cm³/mol. The van der Waals surface area contributed by atoms with E-state index in [2.05, 4.69) is 10.6 Å². The molecule has 0 spiro atoms. The normalized spacial score (nSPS) is 17.8. The van der Waals surface area contributed by atoms with Crippen molar-refractivity contribution in [2.24, 2.45) is 11.7 Å². The number of benzene rings is 1. The molecule has 0 heterocycles. The van der Waals surface area contributed by atoms with Gasteiger partial charge in [0.1, 0.15) is 6.04 Å². The van der Waals surface area contributed by atoms with Crippen molar-refractivity contribution < 1.29 is 9.59 Å². The van der Waals surface area contributed by atoms with E-state index in [4.69, 9.17) is 5.73 Å². The van der Waals surface area contributed by atoms with Crippen LogP contribution >= 0.6 is 0 Å². The molecule has 1 aromatic carbocycles. The van der Waals surface area contributed by atoms with Crippen molar-refractivity contribution in [3.8, 4) is 0 Å². The number of nitrogens with two attached hydrogens (primary N) is 1. The molecule has 4 N–H and O–H groups in total. The Morgan fingerprint density at radius 1 is 1.12 bits per heavy atom. The number of carbonyl (C=O) groups is 2. The molecule has 5 heteroatoms. The maximum Gasteiger partial charge on any atom is 0.242 e. The lowest BCUT2D eigenvalue weighted by molar-refractivity contribution is -0.129. The lowest BCUT2D eigenvalue weighted by Gasteiger charge is -2.25. The van der Waals surface area contributed by atoms with E-state index < -0.39 is 12.1 Å². The Hall–Kier alpha value is -1.88. The maximum atomic E-state index is 12.4. The Morgan fingerprint density at radius 2 is 1.79 bits per heavy atom. The van der Waals surface area contributed by atoms with Gasteiger partial charge < -0.3 is 16.4 Å². The molecule has 24 heavy (non-hydrogen) atoms. The largest absolute Gasteiger partial charge is 0.357 e. The number of amides is 2. The highest BCUT2D eigenvalue weighted by atomic mass is 16.2. The van der Waals surface area contributed by atoms with E-state index in [1.807, 2.05) is 30.3 Å². The van der Waals surface area contributed by atoms with Gasteiger partial charge in [-0.3, -0.25) is 9.59 Å². The summed E-state index contributed by atoms with van der Waals surface area (Å²) in [5.41, 5.74) is 7.09. The van der Waals surface area contributed by atoms with Crippen LogP contribution < -0.4 is 16.4 Å². The van der Waals surface area contributed by atoms with Crippen LogP contribution in [0.2, 0.25) is 0 Å². The summed E-state index contributed by atoms with van der Waals surface area (Å²) >= 11 is 0. The summed E-state index contributed by atoms with van der Waals surface area (Å²) in [5, 5.41) is 5.45. The second-order valence-electron chi connectivity index (χ2n) is 6.71. The molecule has 0 aromatic heterocycles. The van der Waals surface area contributed by atoms with Crippen LogP contribution in [0.4, 0.5) is 0 Å². The van der Waals surface area contributed by atoms with Crippen LogP contribution in [0.15, 0.2) is 30.3 Å². The zero-order valence-electron chi connectivity index (χ0n) is 14.5. The highest BCUT2D eigenvalue weighted by Crippen LogP contribution is 2.26. The number of likely N-dealkylation sites (N-methyl/N-ethyl adjacent to an activating group) is 1.